The molecule has 0 saturated carbocycles. The lowest BCUT2D eigenvalue weighted by Gasteiger charge is -2.12. The fourth-order valence-electron chi connectivity index (χ4n) is 1.86. The standard InChI is InChI=1S/C14H21NO3S/c1-2-5-11(14(17)18)10-15-13(16)8-3-6-12-7-4-9-19-12/h4,7,9,11H,2-3,5-6,8,10H2,1H3,(H,15,16)(H,17,18). The molecule has 0 aromatic carbocycles. The zero-order valence-electron chi connectivity index (χ0n) is 11.2. The lowest BCUT2D eigenvalue weighted by atomic mass is 10.0. The van der Waals surface area contributed by atoms with Gasteiger partial charge in [-0.2, -0.15) is 0 Å². The van der Waals surface area contributed by atoms with Gasteiger partial charge in [0.05, 0.1) is 5.92 Å². The molecule has 0 aliphatic rings. The van der Waals surface area contributed by atoms with E-state index in [-0.39, 0.29) is 12.5 Å². The van der Waals surface area contributed by atoms with Gasteiger partial charge in [-0.05, 0) is 30.7 Å². The highest BCUT2D eigenvalue weighted by molar-refractivity contribution is 7.09. The second kappa shape index (κ2) is 8.69. The van der Waals surface area contributed by atoms with E-state index in [1.165, 1.54) is 4.88 Å². The van der Waals surface area contributed by atoms with Crippen LogP contribution < -0.4 is 5.32 Å². The molecule has 0 radical (unpaired) electrons. The van der Waals surface area contributed by atoms with E-state index in [0.717, 1.165) is 19.3 Å². The molecular formula is C14H21NO3S. The van der Waals surface area contributed by atoms with Gasteiger partial charge in [-0.25, -0.2) is 0 Å². The third-order valence-corrected chi connectivity index (χ3v) is 3.88. The summed E-state index contributed by atoms with van der Waals surface area (Å²) in [7, 11) is 0. The SMILES string of the molecule is CCCC(CNC(=O)CCCc1cccs1)C(=O)O. The van der Waals surface area contributed by atoms with E-state index in [9.17, 15) is 9.59 Å². The van der Waals surface area contributed by atoms with Crippen molar-refractivity contribution in [3.05, 3.63) is 22.4 Å². The third-order valence-electron chi connectivity index (χ3n) is 2.94. The van der Waals surface area contributed by atoms with Gasteiger partial charge >= 0.3 is 5.97 Å². The number of carbonyl (C=O) groups is 2. The van der Waals surface area contributed by atoms with Crippen molar-refractivity contribution in [1.82, 2.24) is 5.32 Å². The second-order valence-electron chi connectivity index (χ2n) is 4.56. The number of carboxylic acids is 1. The van der Waals surface area contributed by atoms with Crippen LogP contribution in [-0.2, 0) is 16.0 Å². The molecule has 1 atom stereocenters. The Balaban J connectivity index is 2.17. The molecule has 0 aliphatic heterocycles. The van der Waals surface area contributed by atoms with Gasteiger partial charge in [0.25, 0.3) is 0 Å². The largest absolute Gasteiger partial charge is 0.481 e. The Hall–Kier alpha value is -1.36. The third kappa shape index (κ3) is 6.38. The predicted molar refractivity (Wildman–Crippen MR) is 76.3 cm³/mol. The highest BCUT2D eigenvalue weighted by Gasteiger charge is 2.16. The number of aryl methyl sites for hydroxylation is 1. The van der Waals surface area contributed by atoms with Gasteiger partial charge in [-0.3, -0.25) is 9.59 Å². The summed E-state index contributed by atoms with van der Waals surface area (Å²) in [5.41, 5.74) is 0. The van der Waals surface area contributed by atoms with Crippen LogP contribution in [0.25, 0.3) is 0 Å². The summed E-state index contributed by atoms with van der Waals surface area (Å²) >= 11 is 1.69. The van der Waals surface area contributed by atoms with Crippen LogP contribution in [-0.4, -0.2) is 23.5 Å². The van der Waals surface area contributed by atoms with E-state index in [2.05, 4.69) is 11.4 Å². The summed E-state index contributed by atoms with van der Waals surface area (Å²) in [6, 6.07) is 4.06. The Morgan fingerprint density at radius 2 is 2.26 bits per heavy atom. The van der Waals surface area contributed by atoms with Crippen molar-refractivity contribution in [3.8, 4) is 0 Å². The van der Waals surface area contributed by atoms with Crippen LogP contribution in [0.1, 0.15) is 37.5 Å². The number of aliphatic carboxylic acids is 1. The maximum atomic E-state index is 11.6. The van der Waals surface area contributed by atoms with Crippen molar-refractivity contribution in [1.29, 1.82) is 0 Å². The molecule has 0 spiro atoms. The van der Waals surface area contributed by atoms with E-state index < -0.39 is 11.9 Å². The first-order chi connectivity index (χ1) is 9.13. The fourth-order valence-corrected chi connectivity index (χ4v) is 2.62. The first kappa shape index (κ1) is 15.7. The van der Waals surface area contributed by atoms with Crippen molar-refractivity contribution in [2.45, 2.75) is 39.0 Å². The van der Waals surface area contributed by atoms with Crippen molar-refractivity contribution in [3.63, 3.8) is 0 Å². The van der Waals surface area contributed by atoms with Gasteiger partial charge in [0, 0.05) is 17.8 Å². The molecule has 0 saturated heterocycles. The predicted octanol–water partition coefficient (Wildman–Crippen LogP) is 2.69. The molecule has 0 fully saturated rings. The molecular weight excluding hydrogens is 262 g/mol. The van der Waals surface area contributed by atoms with Gasteiger partial charge in [-0.15, -0.1) is 11.3 Å². The molecule has 19 heavy (non-hydrogen) atoms. The average molecular weight is 283 g/mol. The Labute approximate surface area is 117 Å². The van der Waals surface area contributed by atoms with Crippen molar-refractivity contribution < 1.29 is 14.7 Å². The smallest absolute Gasteiger partial charge is 0.308 e. The quantitative estimate of drug-likeness (QED) is 0.732. The second-order valence-corrected chi connectivity index (χ2v) is 5.59. The van der Waals surface area contributed by atoms with Crippen LogP contribution in [0.5, 0.6) is 0 Å². The normalized spacial score (nSPS) is 12.1. The molecule has 106 valence electrons. The first-order valence-corrected chi connectivity index (χ1v) is 7.53. The lowest BCUT2D eigenvalue weighted by molar-refractivity contribution is -0.141. The molecule has 4 nitrogen and oxygen atoms in total. The minimum atomic E-state index is -0.833. The molecule has 2 N–H and O–H groups in total. The molecule has 1 amide bonds. The van der Waals surface area contributed by atoms with Gasteiger partial charge < -0.3 is 10.4 Å². The summed E-state index contributed by atoms with van der Waals surface area (Å²) < 4.78 is 0. The van der Waals surface area contributed by atoms with E-state index in [0.29, 0.717) is 12.8 Å². The van der Waals surface area contributed by atoms with Crippen LogP contribution in [0.2, 0.25) is 0 Å². The van der Waals surface area contributed by atoms with E-state index in [4.69, 9.17) is 5.11 Å². The number of carbonyl (C=O) groups excluding carboxylic acids is 1. The minimum absolute atomic E-state index is 0.0566. The molecule has 5 heteroatoms. The molecule has 1 aromatic rings. The Bertz CT molecular complexity index is 389. The van der Waals surface area contributed by atoms with Crippen LogP contribution in [0.3, 0.4) is 0 Å². The topological polar surface area (TPSA) is 66.4 Å². The van der Waals surface area contributed by atoms with Crippen molar-refractivity contribution in [2.24, 2.45) is 5.92 Å². The van der Waals surface area contributed by atoms with Crippen LogP contribution >= 0.6 is 11.3 Å². The minimum Gasteiger partial charge on any atom is -0.481 e. The number of carboxylic acid groups (broad SMARTS) is 1. The van der Waals surface area contributed by atoms with Crippen LogP contribution in [0, 0.1) is 5.92 Å². The fraction of sp³-hybridized carbons (Fsp3) is 0.571. The monoisotopic (exact) mass is 283 g/mol. The number of hydrogen-bond donors (Lipinski definition) is 2. The maximum absolute atomic E-state index is 11.6. The van der Waals surface area contributed by atoms with Gasteiger partial charge in [0.1, 0.15) is 0 Å². The van der Waals surface area contributed by atoms with Gasteiger partial charge in [-0.1, -0.05) is 19.4 Å². The summed E-state index contributed by atoms with van der Waals surface area (Å²) in [5, 5.41) is 13.7. The molecule has 1 aromatic heterocycles. The van der Waals surface area contributed by atoms with Crippen molar-refractivity contribution >= 4 is 23.2 Å². The number of thiophene rings is 1. The summed E-state index contributed by atoms with van der Waals surface area (Å²) in [4.78, 5) is 23.8. The maximum Gasteiger partial charge on any atom is 0.308 e. The van der Waals surface area contributed by atoms with Gasteiger partial charge in [0.2, 0.25) is 5.91 Å². The van der Waals surface area contributed by atoms with Crippen LogP contribution in [0.4, 0.5) is 0 Å². The van der Waals surface area contributed by atoms with Crippen LogP contribution in [0.15, 0.2) is 17.5 Å². The summed E-state index contributed by atoms with van der Waals surface area (Å²) in [6.07, 6.45) is 3.58. The Morgan fingerprint density at radius 1 is 1.47 bits per heavy atom. The average Bonchev–Trinajstić information content (AvgIpc) is 2.87. The molecule has 0 bridgehead atoms. The summed E-state index contributed by atoms with van der Waals surface area (Å²) in [6.45, 7) is 2.18. The zero-order chi connectivity index (χ0) is 14.1. The van der Waals surface area contributed by atoms with Crippen molar-refractivity contribution in [2.75, 3.05) is 6.54 Å². The zero-order valence-corrected chi connectivity index (χ0v) is 12.0. The lowest BCUT2D eigenvalue weighted by Crippen LogP contribution is -2.32. The number of nitrogens with one attached hydrogen (secondary N) is 1. The molecule has 1 unspecified atom stereocenters. The number of hydrogen-bond acceptors (Lipinski definition) is 3. The molecule has 1 heterocycles. The molecule has 1 rings (SSSR count). The Kier molecular flexibility index (Phi) is 7.18. The van der Waals surface area contributed by atoms with E-state index in [1.807, 2.05) is 18.4 Å². The van der Waals surface area contributed by atoms with E-state index >= 15 is 0 Å². The Morgan fingerprint density at radius 3 is 2.84 bits per heavy atom. The highest BCUT2D eigenvalue weighted by atomic mass is 32.1. The number of amides is 1. The van der Waals surface area contributed by atoms with E-state index in [1.54, 1.807) is 11.3 Å². The first-order valence-electron chi connectivity index (χ1n) is 6.65. The molecule has 0 aliphatic carbocycles. The van der Waals surface area contributed by atoms with Gasteiger partial charge in [0.15, 0.2) is 0 Å². The highest BCUT2D eigenvalue weighted by Crippen LogP contribution is 2.12. The number of rotatable bonds is 9. The summed E-state index contributed by atoms with van der Waals surface area (Å²) in [5.74, 6) is -1.36.